The van der Waals surface area contributed by atoms with Gasteiger partial charge in [0.15, 0.2) is 0 Å². The highest BCUT2D eigenvalue weighted by atomic mass is 35.5. The topological polar surface area (TPSA) is 51.9 Å². The maximum atomic E-state index is 12.2. The first kappa shape index (κ1) is 15.6. The Kier molecular flexibility index (Phi) is 4.13. The Morgan fingerprint density at radius 3 is 2.78 bits per heavy atom. The zero-order valence-electron chi connectivity index (χ0n) is 13.4. The lowest BCUT2D eigenvalue weighted by Gasteiger charge is -2.08. The maximum Gasteiger partial charge on any atom is 0.240 e. The lowest BCUT2D eigenvalue weighted by Crippen LogP contribution is -2.27. The summed E-state index contributed by atoms with van der Waals surface area (Å²) >= 11 is 6.04. The van der Waals surface area contributed by atoms with Gasteiger partial charge in [0.2, 0.25) is 5.91 Å². The number of halogens is 1. The Labute approximate surface area is 139 Å². The number of nitrogens with zero attached hydrogens (tertiary/aromatic N) is 3. The van der Waals surface area contributed by atoms with Gasteiger partial charge in [-0.2, -0.15) is 5.10 Å². The summed E-state index contributed by atoms with van der Waals surface area (Å²) in [4.78, 5) is 12.2. The largest absolute Gasteiger partial charge is 0.350 e. The Bertz CT molecular complexity index is 878. The molecule has 0 saturated carbocycles. The summed E-state index contributed by atoms with van der Waals surface area (Å²) in [5.74, 6) is -0.0369. The number of hydrogen-bond acceptors (Lipinski definition) is 2. The minimum absolute atomic E-state index is 0.0369. The molecule has 0 aliphatic heterocycles. The summed E-state index contributed by atoms with van der Waals surface area (Å²) in [7, 11) is 1.91. The number of carbonyl (C=O) groups is 1. The van der Waals surface area contributed by atoms with Crippen LogP contribution >= 0.6 is 11.6 Å². The van der Waals surface area contributed by atoms with Gasteiger partial charge in [-0.15, -0.1) is 0 Å². The van der Waals surface area contributed by atoms with Crippen LogP contribution in [0.4, 0.5) is 0 Å². The second-order valence-corrected chi connectivity index (χ2v) is 6.13. The molecule has 23 heavy (non-hydrogen) atoms. The molecule has 2 aromatic heterocycles. The van der Waals surface area contributed by atoms with Crippen molar-refractivity contribution in [3.05, 3.63) is 52.4 Å². The van der Waals surface area contributed by atoms with Crippen LogP contribution in [0.15, 0.2) is 30.5 Å². The highest BCUT2D eigenvalue weighted by Gasteiger charge is 2.11. The molecule has 1 amide bonds. The van der Waals surface area contributed by atoms with E-state index in [9.17, 15) is 4.79 Å². The van der Waals surface area contributed by atoms with E-state index in [1.165, 1.54) is 0 Å². The summed E-state index contributed by atoms with van der Waals surface area (Å²) in [5, 5.41) is 9.06. The number of hydrogen-bond donors (Lipinski definition) is 1. The molecule has 0 bridgehead atoms. The van der Waals surface area contributed by atoms with Crippen molar-refractivity contribution in [1.82, 2.24) is 19.7 Å². The molecular formula is C17H19ClN4O. The van der Waals surface area contributed by atoms with E-state index in [-0.39, 0.29) is 12.5 Å². The summed E-state index contributed by atoms with van der Waals surface area (Å²) in [5.41, 5.74) is 4.05. The van der Waals surface area contributed by atoms with Gasteiger partial charge in [0.1, 0.15) is 6.54 Å². The average Bonchev–Trinajstić information content (AvgIpc) is 2.99. The molecule has 0 saturated heterocycles. The van der Waals surface area contributed by atoms with Crippen LogP contribution in [0.2, 0.25) is 5.02 Å². The van der Waals surface area contributed by atoms with Crippen LogP contribution in [0.3, 0.4) is 0 Å². The number of nitrogens with one attached hydrogen (secondary N) is 1. The fourth-order valence-electron chi connectivity index (χ4n) is 2.77. The van der Waals surface area contributed by atoms with Crippen molar-refractivity contribution < 1.29 is 4.79 Å². The van der Waals surface area contributed by atoms with Crippen molar-refractivity contribution in [2.24, 2.45) is 7.05 Å². The second kappa shape index (κ2) is 6.08. The normalized spacial score (nSPS) is 11.1. The van der Waals surface area contributed by atoms with Gasteiger partial charge in [-0.3, -0.25) is 9.48 Å². The van der Waals surface area contributed by atoms with Crippen LogP contribution in [0, 0.1) is 13.8 Å². The number of fused-ring (bicyclic) bond motifs is 1. The molecule has 2 heterocycles. The number of aromatic nitrogens is 3. The SMILES string of the molecule is Cc1nn(C)c(C)c1CNC(=O)Cn1ccc2ccc(Cl)cc21. The molecule has 120 valence electrons. The first-order chi connectivity index (χ1) is 11.0. The van der Waals surface area contributed by atoms with Crippen molar-refractivity contribution in [3.63, 3.8) is 0 Å². The van der Waals surface area contributed by atoms with Crippen LogP contribution in [0.25, 0.3) is 10.9 Å². The average molecular weight is 331 g/mol. The summed E-state index contributed by atoms with van der Waals surface area (Å²) in [6.07, 6.45) is 1.90. The molecule has 0 radical (unpaired) electrons. The van der Waals surface area contributed by atoms with Gasteiger partial charge >= 0.3 is 0 Å². The molecule has 0 fully saturated rings. The standard InChI is InChI=1S/C17H19ClN4O/c1-11-15(12(2)21(3)20-11)9-19-17(23)10-22-7-6-13-4-5-14(18)8-16(13)22/h4-8H,9-10H2,1-3H3,(H,19,23). The van der Waals surface area contributed by atoms with Gasteiger partial charge in [-0.05, 0) is 37.4 Å². The van der Waals surface area contributed by atoms with E-state index in [2.05, 4.69) is 10.4 Å². The van der Waals surface area contributed by atoms with E-state index in [1.807, 2.05) is 60.6 Å². The number of carbonyl (C=O) groups excluding carboxylic acids is 1. The van der Waals surface area contributed by atoms with E-state index in [1.54, 1.807) is 0 Å². The van der Waals surface area contributed by atoms with Crippen molar-refractivity contribution in [1.29, 1.82) is 0 Å². The molecule has 0 aliphatic rings. The zero-order valence-corrected chi connectivity index (χ0v) is 14.2. The third-order valence-electron chi connectivity index (χ3n) is 4.17. The predicted molar refractivity (Wildman–Crippen MR) is 91.5 cm³/mol. The van der Waals surface area contributed by atoms with E-state index in [0.29, 0.717) is 11.6 Å². The fraction of sp³-hybridized carbons (Fsp3) is 0.294. The third kappa shape index (κ3) is 3.10. The van der Waals surface area contributed by atoms with Gasteiger partial charge < -0.3 is 9.88 Å². The van der Waals surface area contributed by atoms with E-state index < -0.39 is 0 Å². The Morgan fingerprint density at radius 1 is 1.30 bits per heavy atom. The van der Waals surface area contributed by atoms with Gasteiger partial charge in [0.05, 0.1) is 5.69 Å². The maximum absolute atomic E-state index is 12.2. The third-order valence-corrected chi connectivity index (χ3v) is 4.41. The molecule has 6 heteroatoms. The van der Waals surface area contributed by atoms with Crippen LogP contribution in [0.5, 0.6) is 0 Å². The van der Waals surface area contributed by atoms with Crippen molar-refractivity contribution >= 4 is 28.4 Å². The molecular weight excluding hydrogens is 312 g/mol. The number of aryl methyl sites for hydroxylation is 2. The fourth-order valence-corrected chi connectivity index (χ4v) is 2.93. The first-order valence-corrected chi connectivity index (χ1v) is 7.83. The van der Waals surface area contributed by atoms with E-state index in [4.69, 9.17) is 11.6 Å². The minimum Gasteiger partial charge on any atom is -0.350 e. The quantitative estimate of drug-likeness (QED) is 0.799. The van der Waals surface area contributed by atoms with Crippen LogP contribution in [-0.2, 0) is 24.9 Å². The van der Waals surface area contributed by atoms with Crippen LogP contribution in [-0.4, -0.2) is 20.3 Å². The Hall–Kier alpha value is -2.27. The number of benzene rings is 1. The first-order valence-electron chi connectivity index (χ1n) is 7.46. The highest BCUT2D eigenvalue weighted by Crippen LogP contribution is 2.20. The molecule has 1 aromatic carbocycles. The highest BCUT2D eigenvalue weighted by molar-refractivity contribution is 6.31. The van der Waals surface area contributed by atoms with Gasteiger partial charge in [-0.1, -0.05) is 17.7 Å². The lowest BCUT2D eigenvalue weighted by atomic mass is 10.2. The molecule has 3 aromatic rings. The lowest BCUT2D eigenvalue weighted by molar-refractivity contribution is -0.121. The van der Waals surface area contributed by atoms with Crippen molar-refractivity contribution in [2.75, 3.05) is 0 Å². The number of rotatable bonds is 4. The Morgan fingerprint density at radius 2 is 2.09 bits per heavy atom. The van der Waals surface area contributed by atoms with Crippen molar-refractivity contribution in [2.45, 2.75) is 26.9 Å². The predicted octanol–water partition coefficient (Wildman–Crippen LogP) is 2.96. The Balaban J connectivity index is 1.70. The van der Waals surface area contributed by atoms with E-state index in [0.717, 1.165) is 27.9 Å². The van der Waals surface area contributed by atoms with Gasteiger partial charge in [0.25, 0.3) is 0 Å². The second-order valence-electron chi connectivity index (χ2n) is 5.70. The van der Waals surface area contributed by atoms with Crippen LogP contribution < -0.4 is 5.32 Å². The summed E-state index contributed by atoms with van der Waals surface area (Å²) in [6, 6.07) is 7.66. The van der Waals surface area contributed by atoms with Crippen molar-refractivity contribution in [3.8, 4) is 0 Å². The molecule has 3 rings (SSSR count). The summed E-state index contributed by atoms with van der Waals surface area (Å²) in [6.45, 7) is 4.71. The van der Waals surface area contributed by atoms with Gasteiger partial charge in [-0.25, -0.2) is 0 Å². The summed E-state index contributed by atoms with van der Waals surface area (Å²) < 4.78 is 3.73. The smallest absolute Gasteiger partial charge is 0.240 e. The minimum atomic E-state index is -0.0369. The van der Waals surface area contributed by atoms with Gasteiger partial charge in [0, 0.05) is 41.6 Å². The molecule has 0 unspecified atom stereocenters. The molecule has 1 N–H and O–H groups in total. The molecule has 0 spiro atoms. The molecule has 0 aliphatic carbocycles. The molecule has 5 nitrogen and oxygen atoms in total. The monoisotopic (exact) mass is 330 g/mol. The van der Waals surface area contributed by atoms with E-state index >= 15 is 0 Å². The van der Waals surface area contributed by atoms with Crippen LogP contribution in [0.1, 0.15) is 17.0 Å². The number of amides is 1. The zero-order chi connectivity index (χ0) is 16.6. The molecule has 0 atom stereocenters.